The third-order valence-corrected chi connectivity index (χ3v) is 4.17. The van der Waals surface area contributed by atoms with Crippen molar-refractivity contribution in [1.29, 1.82) is 0 Å². The summed E-state index contributed by atoms with van der Waals surface area (Å²) in [7, 11) is 1.70. The zero-order valence-corrected chi connectivity index (χ0v) is 13.8. The van der Waals surface area contributed by atoms with Gasteiger partial charge < -0.3 is 10.6 Å². The zero-order valence-electron chi connectivity index (χ0n) is 13.8. The van der Waals surface area contributed by atoms with Crippen LogP contribution in [-0.2, 0) is 11.8 Å². The molecule has 24 heavy (non-hydrogen) atoms. The molecule has 2 unspecified atom stereocenters. The maximum Gasteiger partial charge on any atom is 0.259 e. The Balaban J connectivity index is 1.83. The Morgan fingerprint density at radius 3 is 2.58 bits per heavy atom. The van der Waals surface area contributed by atoms with E-state index in [0.717, 1.165) is 18.2 Å². The molecular weight excluding hydrogens is 311 g/mol. The van der Waals surface area contributed by atoms with E-state index in [-0.39, 0.29) is 17.4 Å². The van der Waals surface area contributed by atoms with Gasteiger partial charge in [0.05, 0.1) is 16.9 Å². The number of carbonyl (C=O) groups excluding carboxylic acids is 2. The first-order valence-electron chi connectivity index (χ1n) is 7.77. The smallest absolute Gasteiger partial charge is 0.259 e. The van der Waals surface area contributed by atoms with Crippen LogP contribution in [0.2, 0.25) is 0 Å². The van der Waals surface area contributed by atoms with Gasteiger partial charge in [-0.1, -0.05) is 6.92 Å². The average Bonchev–Trinajstić information content (AvgIpc) is 3.16. The largest absolute Gasteiger partial charge is 0.325 e. The maximum absolute atomic E-state index is 13.6. The Morgan fingerprint density at radius 1 is 1.29 bits per heavy atom. The molecule has 2 atom stereocenters. The Hall–Kier alpha value is -2.70. The number of nitrogens with one attached hydrogen (secondary N) is 2. The fourth-order valence-corrected chi connectivity index (χ4v) is 2.64. The van der Waals surface area contributed by atoms with Crippen LogP contribution in [0.1, 0.15) is 29.4 Å². The second kappa shape index (κ2) is 6.07. The van der Waals surface area contributed by atoms with Gasteiger partial charge in [0.2, 0.25) is 5.91 Å². The van der Waals surface area contributed by atoms with Crippen LogP contribution < -0.4 is 10.6 Å². The van der Waals surface area contributed by atoms with Gasteiger partial charge in [-0.05, 0) is 37.5 Å². The number of anilines is 2. The summed E-state index contributed by atoms with van der Waals surface area (Å²) in [5, 5.41) is 9.56. The predicted octanol–water partition coefficient (Wildman–Crippen LogP) is 2.71. The van der Waals surface area contributed by atoms with E-state index in [9.17, 15) is 14.0 Å². The molecule has 1 fully saturated rings. The lowest BCUT2D eigenvalue weighted by Gasteiger charge is -2.12. The highest BCUT2D eigenvalue weighted by Gasteiger charge is 2.39. The van der Waals surface area contributed by atoms with E-state index in [1.165, 1.54) is 16.8 Å². The van der Waals surface area contributed by atoms with Crippen molar-refractivity contribution in [2.75, 3.05) is 10.6 Å². The number of hydrogen-bond donors (Lipinski definition) is 2. The van der Waals surface area contributed by atoms with E-state index in [1.54, 1.807) is 20.0 Å². The summed E-state index contributed by atoms with van der Waals surface area (Å²) in [6.45, 7) is 3.80. The summed E-state index contributed by atoms with van der Waals surface area (Å²) in [6, 6.07) is 5.45. The Bertz CT molecular complexity index is 815. The van der Waals surface area contributed by atoms with E-state index in [1.807, 2.05) is 6.92 Å². The van der Waals surface area contributed by atoms with Crippen molar-refractivity contribution in [2.24, 2.45) is 18.9 Å². The molecule has 0 spiro atoms. The summed E-state index contributed by atoms with van der Waals surface area (Å²) >= 11 is 0. The van der Waals surface area contributed by atoms with Crippen LogP contribution in [0.4, 0.5) is 15.9 Å². The number of amides is 2. The van der Waals surface area contributed by atoms with Crippen molar-refractivity contribution < 1.29 is 14.0 Å². The SMILES string of the molecule is Cc1cc(NC(=O)c2cc(F)ccc2NC(=O)C2CC2C)n(C)n1. The van der Waals surface area contributed by atoms with Crippen LogP contribution >= 0.6 is 0 Å². The molecule has 6 nitrogen and oxygen atoms in total. The number of hydrogen-bond acceptors (Lipinski definition) is 3. The van der Waals surface area contributed by atoms with Gasteiger partial charge in [-0.15, -0.1) is 0 Å². The van der Waals surface area contributed by atoms with E-state index in [2.05, 4.69) is 15.7 Å². The highest BCUT2D eigenvalue weighted by atomic mass is 19.1. The molecule has 2 aromatic rings. The van der Waals surface area contributed by atoms with Crippen LogP contribution in [0, 0.1) is 24.6 Å². The molecule has 2 N–H and O–H groups in total. The molecule has 1 aliphatic rings. The van der Waals surface area contributed by atoms with Gasteiger partial charge >= 0.3 is 0 Å². The fourth-order valence-electron chi connectivity index (χ4n) is 2.64. The van der Waals surface area contributed by atoms with Gasteiger partial charge in [0.15, 0.2) is 0 Å². The van der Waals surface area contributed by atoms with Crippen molar-refractivity contribution >= 4 is 23.3 Å². The summed E-state index contributed by atoms with van der Waals surface area (Å²) in [4.78, 5) is 24.6. The molecule has 0 radical (unpaired) electrons. The van der Waals surface area contributed by atoms with E-state index in [0.29, 0.717) is 17.4 Å². The van der Waals surface area contributed by atoms with Crippen molar-refractivity contribution in [3.63, 3.8) is 0 Å². The molecule has 0 bridgehead atoms. The van der Waals surface area contributed by atoms with Crippen LogP contribution in [0.25, 0.3) is 0 Å². The van der Waals surface area contributed by atoms with Crippen LogP contribution in [0.5, 0.6) is 0 Å². The molecule has 1 aromatic heterocycles. The first kappa shape index (κ1) is 16.2. The van der Waals surface area contributed by atoms with Gasteiger partial charge in [0.25, 0.3) is 5.91 Å². The maximum atomic E-state index is 13.6. The van der Waals surface area contributed by atoms with E-state index < -0.39 is 11.7 Å². The van der Waals surface area contributed by atoms with Crippen LogP contribution in [0.3, 0.4) is 0 Å². The lowest BCUT2D eigenvalue weighted by molar-refractivity contribution is -0.117. The second-order valence-electron chi connectivity index (χ2n) is 6.25. The van der Waals surface area contributed by atoms with Gasteiger partial charge in [-0.25, -0.2) is 4.39 Å². The number of carbonyl (C=O) groups is 2. The summed E-state index contributed by atoms with van der Waals surface area (Å²) in [5.41, 5.74) is 1.13. The monoisotopic (exact) mass is 330 g/mol. The quantitative estimate of drug-likeness (QED) is 0.905. The van der Waals surface area contributed by atoms with E-state index >= 15 is 0 Å². The predicted molar refractivity (Wildman–Crippen MR) is 88.2 cm³/mol. The van der Waals surface area contributed by atoms with Crippen molar-refractivity contribution in [3.8, 4) is 0 Å². The third kappa shape index (κ3) is 3.29. The first-order valence-corrected chi connectivity index (χ1v) is 7.77. The number of aromatic nitrogens is 2. The minimum absolute atomic E-state index is 0.0364. The highest BCUT2D eigenvalue weighted by Crippen LogP contribution is 2.38. The molecule has 0 aliphatic heterocycles. The van der Waals surface area contributed by atoms with Gasteiger partial charge in [0, 0.05) is 19.0 Å². The molecule has 1 heterocycles. The first-order chi connectivity index (χ1) is 11.3. The number of rotatable bonds is 4. The van der Waals surface area contributed by atoms with Crippen molar-refractivity contribution in [1.82, 2.24) is 9.78 Å². The molecule has 126 valence electrons. The normalized spacial score (nSPS) is 19.0. The molecule has 1 aromatic carbocycles. The zero-order chi connectivity index (χ0) is 17.4. The highest BCUT2D eigenvalue weighted by molar-refractivity contribution is 6.10. The molecule has 2 amide bonds. The molecule has 7 heteroatoms. The Morgan fingerprint density at radius 2 is 2.00 bits per heavy atom. The van der Waals surface area contributed by atoms with Crippen LogP contribution in [0.15, 0.2) is 24.3 Å². The van der Waals surface area contributed by atoms with Crippen molar-refractivity contribution in [2.45, 2.75) is 20.3 Å². The molecule has 0 saturated heterocycles. The number of aryl methyl sites for hydroxylation is 2. The van der Waals surface area contributed by atoms with Gasteiger partial charge in [0.1, 0.15) is 11.6 Å². The lowest BCUT2D eigenvalue weighted by Crippen LogP contribution is -2.20. The molecule has 3 rings (SSSR count). The Kier molecular flexibility index (Phi) is 4.09. The lowest BCUT2D eigenvalue weighted by atomic mass is 10.1. The standard InChI is InChI=1S/C17H19FN4O2/c1-9-6-12(9)16(23)19-14-5-4-11(18)8-13(14)17(24)20-15-7-10(2)21-22(15)3/h4-5,7-9,12H,6H2,1-3H3,(H,19,23)(H,20,24). The van der Waals surface area contributed by atoms with Gasteiger partial charge in [-0.2, -0.15) is 5.10 Å². The fraction of sp³-hybridized carbons (Fsp3) is 0.353. The summed E-state index contributed by atoms with van der Waals surface area (Å²) < 4.78 is 15.1. The number of halogens is 1. The van der Waals surface area contributed by atoms with Crippen molar-refractivity contribution in [3.05, 3.63) is 41.3 Å². The topological polar surface area (TPSA) is 76.0 Å². The molecule has 1 saturated carbocycles. The minimum atomic E-state index is -0.542. The van der Waals surface area contributed by atoms with E-state index in [4.69, 9.17) is 0 Å². The minimum Gasteiger partial charge on any atom is -0.325 e. The molecular formula is C17H19FN4O2. The second-order valence-corrected chi connectivity index (χ2v) is 6.25. The average molecular weight is 330 g/mol. The summed E-state index contributed by atoms with van der Waals surface area (Å²) in [6.07, 6.45) is 0.836. The Labute approximate surface area is 139 Å². The third-order valence-electron chi connectivity index (χ3n) is 4.17. The van der Waals surface area contributed by atoms with Gasteiger partial charge in [-0.3, -0.25) is 14.3 Å². The summed E-state index contributed by atoms with van der Waals surface area (Å²) in [5.74, 6) is -0.379. The van der Waals surface area contributed by atoms with Crippen LogP contribution in [-0.4, -0.2) is 21.6 Å². The molecule has 1 aliphatic carbocycles. The number of nitrogens with zero attached hydrogens (tertiary/aromatic N) is 2. The number of benzene rings is 1.